The van der Waals surface area contributed by atoms with E-state index in [1.807, 2.05) is 34.1 Å². The minimum atomic E-state index is -0.754. The molecule has 41 heavy (non-hydrogen) atoms. The molecule has 8 heteroatoms. The number of benzene rings is 3. The van der Waals surface area contributed by atoms with Gasteiger partial charge in [-0.3, -0.25) is 9.59 Å². The van der Waals surface area contributed by atoms with E-state index in [0.717, 1.165) is 22.8 Å². The molecule has 2 aliphatic heterocycles. The maximum Gasteiger partial charge on any atom is 0.242 e. The zero-order valence-electron chi connectivity index (χ0n) is 23.4. The third-order valence-electron chi connectivity index (χ3n) is 8.33. The molecule has 1 N–H and O–H groups in total. The van der Waals surface area contributed by atoms with Crippen LogP contribution in [-0.2, 0) is 9.59 Å². The van der Waals surface area contributed by atoms with Crippen LogP contribution in [-0.4, -0.2) is 49.3 Å². The number of nitrogens with zero attached hydrogens (tertiary/aromatic N) is 3. The molecule has 1 atom stereocenters. The fourth-order valence-electron chi connectivity index (χ4n) is 6.36. The SMILES string of the molecule is CC1(C)CC(=O)C2=C(C1)Nc1ccccc1N(CC(=O)N1CCN(c3ccc(F)cc3)CC1)C2c1ccccc1F. The molecule has 1 amide bonds. The van der Waals surface area contributed by atoms with E-state index in [1.54, 1.807) is 30.3 Å². The Labute approximate surface area is 239 Å². The number of piperazine rings is 1. The smallest absolute Gasteiger partial charge is 0.242 e. The van der Waals surface area contributed by atoms with Crippen molar-refractivity contribution in [3.8, 4) is 0 Å². The van der Waals surface area contributed by atoms with E-state index in [9.17, 15) is 14.0 Å². The molecule has 0 aromatic heterocycles. The van der Waals surface area contributed by atoms with Crippen LogP contribution in [0, 0.1) is 17.0 Å². The van der Waals surface area contributed by atoms with Crippen LogP contribution >= 0.6 is 0 Å². The number of fused-ring (bicyclic) bond motifs is 1. The number of hydrogen-bond donors (Lipinski definition) is 1. The van der Waals surface area contributed by atoms with Crippen molar-refractivity contribution in [2.24, 2.45) is 5.41 Å². The molecule has 1 fully saturated rings. The summed E-state index contributed by atoms with van der Waals surface area (Å²) < 4.78 is 28.9. The number of hydrogen-bond acceptors (Lipinski definition) is 5. The van der Waals surface area contributed by atoms with E-state index in [-0.39, 0.29) is 29.5 Å². The van der Waals surface area contributed by atoms with Gasteiger partial charge in [0.1, 0.15) is 11.6 Å². The highest BCUT2D eigenvalue weighted by Crippen LogP contribution is 2.48. The number of halogens is 2. The van der Waals surface area contributed by atoms with Crippen LogP contribution in [0.3, 0.4) is 0 Å². The maximum atomic E-state index is 15.5. The first-order valence-corrected chi connectivity index (χ1v) is 14.1. The summed E-state index contributed by atoms with van der Waals surface area (Å²) >= 11 is 0. The Balaban J connectivity index is 1.35. The largest absolute Gasteiger partial charge is 0.368 e. The molecule has 3 aromatic rings. The lowest BCUT2D eigenvalue weighted by Crippen LogP contribution is -2.52. The van der Waals surface area contributed by atoms with Gasteiger partial charge in [-0.15, -0.1) is 0 Å². The number of ketones is 1. The van der Waals surface area contributed by atoms with Crippen molar-refractivity contribution in [3.05, 3.63) is 101 Å². The molecule has 212 valence electrons. The first-order chi connectivity index (χ1) is 19.7. The molecule has 0 radical (unpaired) electrons. The number of allylic oxidation sites excluding steroid dienone is 1. The number of anilines is 3. The molecule has 3 aromatic carbocycles. The minimum absolute atomic E-state index is 0.0122. The standard InChI is InChI=1S/C33H34F2N4O2/c1-33(2)19-27-31(29(40)20-33)32(24-7-3-4-8-25(24)35)39(28-10-6-5-9-26(28)36-27)21-30(41)38-17-15-37(16-18-38)23-13-11-22(34)12-14-23/h3-14,32,36H,15-21H2,1-2H3. The first-order valence-electron chi connectivity index (χ1n) is 14.1. The number of rotatable bonds is 4. The lowest BCUT2D eigenvalue weighted by molar-refractivity contribution is -0.130. The molecule has 0 spiro atoms. The van der Waals surface area contributed by atoms with Gasteiger partial charge in [-0.25, -0.2) is 8.78 Å². The average molecular weight is 557 g/mol. The predicted octanol–water partition coefficient (Wildman–Crippen LogP) is 5.93. The van der Waals surface area contributed by atoms with Gasteiger partial charge in [0.2, 0.25) is 5.91 Å². The molecule has 0 saturated carbocycles. The van der Waals surface area contributed by atoms with E-state index < -0.39 is 11.9 Å². The van der Waals surface area contributed by atoms with Crippen molar-refractivity contribution < 1.29 is 18.4 Å². The van der Waals surface area contributed by atoms with Gasteiger partial charge in [-0.2, -0.15) is 0 Å². The predicted molar refractivity (Wildman–Crippen MR) is 157 cm³/mol. The molecule has 1 unspecified atom stereocenters. The number of nitrogens with one attached hydrogen (secondary N) is 1. The lowest BCUT2D eigenvalue weighted by atomic mass is 9.73. The van der Waals surface area contributed by atoms with E-state index in [4.69, 9.17) is 0 Å². The van der Waals surface area contributed by atoms with Crippen LogP contribution in [0.4, 0.5) is 25.8 Å². The van der Waals surface area contributed by atoms with Crippen LogP contribution in [0.1, 0.15) is 38.3 Å². The fourth-order valence-corrected chi connectivity index (χ4v) is 6.36. The lowest BCUT2D eigenvalue weighted by Gasteiger charge is -2.40. The molecule has 1 saturated heterocycles. The molecular formula is C33H34F2N4O2. The van der Waals surface area contributed by atoms with Crippen LogP contribution in [0.25, 0.3) is 0 Å². The number of para-hydroxylation sites is 2. The van der Waals surface area contributed by atoms with Crippen LogP contribution < -0.4 is 15.1 Å². The molecule has 2 heterocycles. The van der Waals surface area contributed by atoms with Gasteiger partial charge in [0.05, 0.1) is 24.0 Å². The van der Waals surface area contributed by atoms with Gasteiger partial charge in [0.15, 0.2) is 5.78 Å². The molecule has 6 nitrogen and oxygen atoms in total. The Bertz CT molecular complexity index is 1510. The van der Waals surface area contributed by atoms with Crippen molar-refractivity contribution in [1.82, 2.24) is 4.90 Å². The summed E-state index contributed by atoms with van der Waals surface area (Å²) in [6.45, 7) is 6.38. The summed E-state index contributed by atoms with van der Waals surface area (Å²) in [6.07, 6.45) is 0.989. The highest BCUT2D eigenvalue weighted by molar-refractivity contribution is 6.02. The quantitative estimate of drug-likeness (QED) is 0.432. The number of carbonyl (C=O) groups excluding carboxylic acids is 2. The Kier molecular flexibility index (Phi) is 7.01. The summed E-state index contributed by atoms with van der Waals surface area (Å²) in [5, 5.41) is 3.51. The van der Waals surface area contributed by atoms with Crippen LogP contribution in [0.15, 0.2) is 84.1 Å². The van der Waals surface area contributed by atoms with E-state index in [0.29, 0.717) is 50.2 Å². The van der Waals surface area contributed by atoms with Crippen molar-refractivity contribution in [2.75, 3.05) is 47.8 Å². The summed E-state index contributed by atoms with van der Waals surface area (Å²) in [7, 11) is 0. The van der Waals surface area contributed by atoms with Crippen molar-refractivity contribution in [3.63, 3.8) is 0 Å². The molecule has 6 rings (SSSR count). The van der Waals surface area contributed by atoms with Gasteiger partial charge in [-0.05, 0) is 54.3 Å². The zero-order valence-corrected chi connectivity index (χ0v) is 23.4. The Morgan fingerprint density at radius 2 is 1.59 bits per heavy atom. The van der Waals surface area contributed by atoms with Gasteiger partial charge in [0, 0.05) is 55.1 Å². The molecule has 3 aliphatic rings. The van der Waals surface area contributed by atoms with E-state index in [2.05, 4.69) is 24.1 Å². The van der Waals surface area contributed by atoms with Crippen molar-refractivity contribution in [2.45, 2.75) is 32.7 Å². The second-order valence-electron chi connectivity index (χ2n) is 11.9. The zero-order chi connectivity index (χ0) is 28.7. The van der Waals surface area contributed by atoms with Crippen molar-refractivity contribution in [1.29, 1.82) is 0 Å². The highest BCUT2D eigenvalue weighted by Gasteiger charge is 2.43. The number of Topliss-reactive ketones (excluding diaryl/α,β-unsaturated/α-hetero) is 1. The topological polar surface area (TPSA) is 55.9 Å². The summed E-state index contributed by atoms with van der Waals surface area (Å²) in [5.41, 5.74) is 3.91. The third kappa shape index (κ3) is 5.31. The Morgan fingerprint density at radius 3 is 2.32 bits per heavy atom. The third-order valence-corrected chi connectivity index (χ3v) is 8.33. The first kappa shape index (κ1) is 27.0. The number of amides is 1. The normalized spacial score (nSPS) is 20.2. The van der Waals surface area contributed by atoms with Crippen LogP contribution in [0.2, 0.25) is 0 Å². The molecular weight excluding hydrogens is 522 g/mol. The maximum absolute atomic E-state index is 15.5. The minimum Gasteiger partial charge on any atom is -0.368 e. The Morgan fingerprint density at radius 1 is 0.902 bits per heavy atom. The monoisotopic (exact) mass is 556 g/mol. The summed E-state index contributed by atoms with van der Waals surface area (Å²) in [4.78, 5) is 33.5. The highest BCUT2D eigenvalue weighted by atomic mass is 19.1. The van der Waals surface area contributed by atoms with Gasteiger partial charge in [0.25, 0.3) is 0 Å². The van der Waals surface area contributed by atoms with Crippen LogP contribution in [0.5, 0.6) is 0 Å². The van der Waals surface area contributed by atoms with E-state index in [1.165, 1.54) is 18.2 Å². The fraction of sp³-hybridized carbons (Fsp3) is 0.333. The molecule has 1 aliphatic carbocycles. The summed E-state index contributed by atoms with van der Waals surface area (Å²) in [5.74, 6) is -0.813. The summed E-state index contributed by atoms with van der Waals surface area (Å²) in [6, 6.07) is 19.8. The Hall–Kier alpha value is -4.20. The molecule has 0 bridgehead atoms. The van der Waals surface area contributed by atoms with E-state index >= 15 is 4.39 Å². The van der Waals surface area contributed by atoms with Gasteiger partial charge < -0.3 is 20.0 Å². The van der Waals surface area contributed by atoms with Gasteiger partial charge >= 0.3 is 0 Å². The average Bonchev–Trinajstić information content (AvgIpc) is 3.07. The second-order valence-corrected chi connectivity index (χ2v) is 11.9. The van der Waals surface area contributed by atoms with Gasteiger partial charge in [-0.1, -0.05) is 44.2 Å². The second kappa shape index (κ2) is 10.7. The van der Waals surface area contributed by atoms with Crippen molar-refractivity contribution >= 4 is 28.8 Å². The number of carbonyl (C=O) groups is 2.